The van der Waals surface area contributed by atoms with Crippen molar-refractivity contribution in [3.05, 3.63) is 52.7 Å². The summed E-state index contributed by atoms with van der Waals surface area (Å²) in [5, 5.41) is 8.90. The predicted molar refractivity (Wildman–Crippen MR) is 110 cm³/mol. The molecular weight excluding hydrogens is 374 g/mol. The van der Waals surface area contributed by atoms with Gasteiger partial charge in [0, 0.05) is 13.0 Å². The third kappa shape index (κ3) is 5.66. The molecule has 7 heteroatoms. The fraction of sp³-hybridized carbons (Fsp3) is 0.381. The number of aryl methyl sites for hydroxylation is 3. The van der Waals surface area contributed by atoms with E-state index in [1.807, 2.05) is 49.6 Å². The Morgan fingerprint density at radius 3 is 2.71 bits per heavy atom. The lowest BCUT2D eigenvalue weighted by Crippen LogP contribution is -2.29. The van der Waals surface area contributed by atoms with Gasteiger partial charge in [0.05, 0.1) is 4.88 Å². The van der Waals surface area contributed by atoms with Gasteiger partial charge in [-0.1, -0.05) is 35.8 Å². The van der Waals surface area contributed by atoms with E-state index in [0.29, 0.717) is 18.3 Å². The van der Waals surface area contributed by atoms with Gasteiger partial charge in [-0.2, -0.15) is 4.98 Å². The quantitative estimate of drug-likeness (QED) is 0.514. The summed E-state index contributed by atoms with van der Waals surface area (Å²) in [6.07, 6.45) is 3.58. The summed E-state index contributed by atoms with van der Waals surface area (Å²) < 4.78 is 10.9. The third-order valence-corrected chi connectivity index (χ3v) is 5.22. The molecular formula is C21H25N3O3S. The first-order valence-electron chi connectivity index (χ1n) is 9.45. The molecule has 1 N–H and O–H groups in total. The van der Waals surface area contributed by atoms with E-state index in [1.54, 1.807) is 11.3 Å². The first-order valence-corrected chi connectivity index (χ1v) is 10.3. The van der Waals surface area contributed by atoms with Gasteiger partial charge in [-0.05, 0) is 49.3 Å². The molecule has 2 heterocycles. The molecule has 0 aliphatic carbocycles. The largest absolute Gasteiger partial charge is 0.483 e. The summed E-state index contributed by atoms with van der Waals surface area (Å²) >= 11 is 1.60. The van der Waals surface area contributed by atoms with E-state index in [0.717, 1.165) is 47.4 Å². The van der Waals surface area contributed by atoms with Gasteiger partial charge in [0.15, 0.2) is 6.61 Å². The first-order chi connectivity index (χ1) is 13.6. The molecule has 0 saturated carbocycles. The van der Waals surface area contributed by atoms with Crippen molar-refractivity contribution < 1.29 is 14.1 Å². The Kier molecular flexibility index (Phi) is 7.19. The molecule has 6 nitrogen and oxygen atoms in total. The Morgan fingerprint density at radius 2 is 1.96 bits per heavy atom. The number of unbranched alkanes of at least 4 members (excludes halogenated alkanes) is 2. The van der Waals surface area contributed by atoms with Gasteiger partial charge in [0.25, 0.3) is 5.91 Å². The lowest BCUT2D eigenvalue weighted by atomic mass is 10.1. The number of hydrogen-bond acceptors (Lipinski definition) is 6. The van der Waals surface area contributed by atoms with Gasteiger partial charge in [-0.3, -0.25) is 4.79 Å². The Hall–Kier alpha value is -2.67. The summed E-state index contributed by atoms with van der Waals surface area (Å²) in [5.74, 6) is 2.01. The lowest BCUT2D eigenvalue weighted by molar-refractivity contribution is -0.123. The maximum Gasteiger partial charge on any atom is 0.257 e. The summed E-state index contributed by atoms with van der Waals surface area (Å²) in [4.78, 5) is 17.4. The van der Waals surface area contributed by atoms with Crippen molar-refractivity contribution >= 4 is 17.2 Å². The molecule has 3 aromatic rings. The van der Waals surface area contributed by atoms with Gasteiger partial charge in [0.2, 0.25) is 11.7 Å². The lowest BCUT2D eigenvalue weighted by Gasteiger charge is -2.11. The SMILES string of the molecule is Cc1cccc(C)c1OCC(=O)NCCCCCc1nc(-c2cccs2)no1. The van der Waals surface area contributed by atoms with Crippen molar-refractivity contribution in [1.29, 1.82) is 0 Å². The first kappa shape index (κ1) is 20.1. The zero-order valence-corrected chi connectivity index (χ0v) is 17.1. The summed E-state index contributed by atoms with van der Waals surface area (Å²) in [7, 11) is 0. The van der Waals surface area contributed by atoms with Crippen molar-refractivity contribution in [2.75, 3.05) is 13.2 Å². The van der Waals surface area contributed by atoms with Crippen LogP contribution in [0.3, 0.4) is 0 Å². The molecule has 0 atom stereocenters. The number of benzene rings is 1. The Bertz CT molecular complexity index is 870. The van der Waals surface area contributed by atoms with Crippen molar-refractivity contribution in [2.45, 2.75) is 39.5 Å². The molecule has 0 bridgehead atoms. The maximum absolute atomic E-state index is 11.9. The summed E-state index contributed by atoms with van der Waals surface area (Å²) in [6.45, 7) is 4.64. The monoisotopic (exact) mass is 399 g/mol. The highest BCUT2D eigenvalue weighted by Gasteiger charge is 2.09. The highest BCUT2D eigenvalue weighted by Crippen LogP contribution is 2.22. The van der Waals surface area contributed by atoms with Gasteiger partial charge >= 0.3 is 0 Å². The fourth-order valence-corrected chi connectivity index (χ4v) is 3.53. The number of amides is 1. The van der Waals surface area contributed by atoms with Crippen molar-refractivity contribution in [1.82, 2.24) is 15.5 Å². The normalized spacial score (nSPS) is 10.8. The second-order valence-electron chi connectivity index (χ2n) is 6.66. The van der Waals surface area contributed by atoms with E-state index in [9.17, 15) is 4.79 Å². The van der Waals surface area contributed by atoms with Crippen LogP contribution in [0, 0.1) is 13.8 Å². The number of para-hydroxylation sites is 1. The highest BCUT2D eigenvalue weighted by molar-refractivity contribution is 7.13. The van der Waals surface area contributed by atoms with E-state index in [2.05, 4.69) is 15.5 Å². The molecule has 1 aromatic carbocycles. The minimum absolute atomic E-state index is 0.0408. The van der Waals surface area contributed by atoms with Crippen molar-refractivity contribution in [2.24, 2.45) is 0 Å². The van der Waals surface area contributed by atoms with Crippen LogP contribution in [-0.2, 0) is 11.2 Å². The predicted octanol–water partition coefficient (Wildman–Crippen LogP) is 4.32. The Labute approximate surface area is 168 Å². The number of carbonyl (C=O) groups excluding carboxylic acids is 1. The van der Waals surface area contributed by atoms with Gasteiger partial charge in [-0.25, -0.2) is 0 Å². The van der Waals surface area contributed by atoms with Gasteiger partial charge < -0.3 is 14.6 Å². The van der Waals surface area contributed by atoms with Crippen LogP contribution in [-0.4, -0.2) is 29.2 Å². The van der Waals surface area contributed by atoms with Crippen LogP contribution >= 0.6 is 11.3 Å². The van der Waals surface area contributed by atoms with Gasteiger partial charge in [-0.15, -0.1) is 11.3 Å². The molecule has 28 heavy (non-hydrogen) atoms. The second kappa shape index (κ2) is 10.0. The van der Waals surface area contributed by atoms with Crippen LogP contribution in [0.15, 0.2) is 40.2 Å². The van der Waals surface area contributed by atoms with Crippen LogP contribution in [0.1, 0.15) is 36.3 Å². The highest BCUT2D eigenvalue weighted by atomic mass is 32.1. The number of carbonyl (C=O) groups is 1. The number of hydrogen-bond donors (Lipinski definition) is 1. The molecule has 3 rings (SSSR count). The van der Waals surface area contributed by atoms with E-state index in [4.69, 9.17) is 9.26 Å². The minimum Gasteiger partial charge on any atom is -0.483 e. The van der Waals surface area contributed by atoms with Crippen LogP contribution in [0.4, 0.5) is 0 Å². The van der Waals surface area contributed by atoms with E-state index in [1.165, 1.54) is 0 Å². The van der Waals surface area contributed by atoms with Crippen LogP contribution in [0.5, 0.6) is 5.75 Å². The number of nitrogens with zero attached hydrogens (tertiary/aromatic N) is 2. The molecule has 0 fully saturated rings. The molecule has 148 valence electrons. The Balaban J connectivity index is 1.28. The molecule has 0 saturated heterocycles. The number of aromatic nitrogens is 2. The molecule has 0 spiro atoms. The van der Waals surface area contributed by atoms with E-state index < -0.39 is 0 Å². The Morgan fingerprint density at radius 1 is 1.14 bits per heavy atom. The van der Waals surface area contributed by atoms with Crippen molar-refractivity contribution in [3.63, 3.8) is 0 Å². The minimum atomic E-state index is -0.0971. The smallest absolute Gasteiger partial charge is 0.257 e. The zero-order valence-electron chi connectivity index (χ0n) is 16.2. The average molecular weight is 400 g/mol. The molecule has 0 aliphatic heterocycles. The van der Waals surface area contributed by atoms with Gasteiger partial charge in [0.1, 0.15) is 5.75 Å². The van der Waals surface area contributed by atoms with E-state index in [-0.39, 0.29) is 12.5 Å². The number of nitrogens with one attached hydrogen (secondary N) is 1. The molecule has 2 aromatic heterocycles. The topological polar surface area (TPSA) is 77.2 Å². The van der Waals surface area contributed by atoms with Crippen LogP contribution < -0.4 is 10.1 Å². The zero-order chi connectivity index (χ0) is 19.8. The molecule has 0 unspecified atom stereocenters. The molecule has 0 aliphatic rings. The summed E-state index contributed by atoms with van der Waals surface area (Å²) in [6, 6.07) is 9.89. The maximum atomic E-state index is 11.9. The molecule has 0 radical (unpaired) electrons. The van der Waals surface area contributed by atoms with Crippen molar-refractivity contribution in [3.8, 4) is 16.5 Å². The number of rotatable bonds is 10. The van der Waals surface area contributed by atoms with Crippen LogP contribution in [0.2, 0.25) is 0 Å². The average Bonchev–Trinajstić information content (AvgIpc) is 3.35. The number of ether oxygens (including phenoxy) is 1. The molecule has 1 amide bonds. The standard InChI is InChI=1S/C21H25N3O3S/c1-15-8-6-9-16(2)20(15)26-14-18(25)22-12-5-3-4-11-19-23-21(24-27-19)17-10-7-13-28-17/h6-10,13H,3-5,11-12,14H2,1-2H3,(H,22,25). The van der Waals surface area contributed by atoms with Crippen LogP contribution in [0.25, 0.3) is 10.7 Å². The third-order valence-electron chi connectivity index (χ3n) is 4.36. The number of thiophene rings is 1. The van der Waals surface area contributed by atoms with E-state index >= 15 is 0 Å². The summed E-state index contributed by atoms with van der Waals surface area (Å²) in [5.41, 5.74) is 2.08. The fourth-order valence-electron chi connectivity index (χ4n) is 2.88. The second-order valence-corrected chi connectivity index (χ2v) is 7.61.